The van der Waals surface area contributed by atoms with Crippen molar-refractivity contribution in [3.8, 4) is 5.75 Å². The van der Waals surface area contributed by atoms with E-state index in [0.717, 1.165) is 30.6 Å². The van der Waals surface area contributed by atoms with Crippen molar-refractivity contribution < 1.29 is 9.84 Å². The Morgan fingerprint density at radius 2 is 1.79 bits per heavy atom. The summed E-state index contributed by atoms with van der Waals surface area (Å²) in [6, 6.07) is 6.18. The van der Waals surface area contributed by atoms with Crippen molar-refractivity contribution in [1.82, 2.24) is 0 Å². The van der Waals surface area contributed by atoms with Crippen LogP contribution >= 0.6 is 0 Å². The fourth-order valence-electron chi connectivity index (χ4n) is 3.61. The third-order valence-corrected chi connectivity index (χ3v) is 4.68. The second-order valence-electron chi connectivity index (χ2n) is 6.31. The fourth-order valence-corrected chi connectivity index (χ4v) is 3.61. The van der Waals surface area contributed by atoms with Crippen molar-refractivity contribution >= 4 is 0 Å². The van der Waals surface area contributed by atoms with Crippen LogP contribution in [0.25, 0.3) is 0 Å². The number of hydrogen-bond acceptors (Lipinski definition) is 2. The predicted molar refractivity (Wildman–Crippen MR) is 76.4 cm³/mol. The number of benzene rings is 1. The minimum Gasteiger partial charge on any atom is -0.487 e. The second-order valence-corrected chi connectivity index (χ2v) is 6.31. The van der Waals surface area contributed by atoms with Crippen molar-refractivity contribution in [2.45, 2.75) is 70.0 Å². The van der Waals surface area contributed by atoms with Crippen molar-refractivity contribution in [3.63, 3.8) is 0 Å². The van der Waals surface area contributed by atoms with Crippen LogP contribution < -0.4 is 4.74 Å². The van der Waals surface area contributed by atoms with Gasteiger partial charge in [0.05, 0.1) is 6.10 Å². The minimum atomic E-state index is -0.358. The van der Waals surface area contributed by atoms with E-state index in [9.17, 15) is 5.11 Å². The smallest absolute Gasteiger partial charge is 0.125 e. The van der Waals surface area contributed by atoms with Crippen LogP contribution in [0.3, 0.4) is 0 Å². The van der Waals surface area contributed by atoms with Gasteiger partial charge in [0.1, 0.15) is 11.4 Å². The first-order valence-electron chi connectivity index (χ1n) is 7.66. The fraction of sp³-hybridized carbons (Fsp3) is 0.647. The number of aryl methyl sites for hydroxylation is 1. The molecule has 3 rings (SSSR count). The monoisotopic (exact) mass is 260 g/mol. The average molecular weight is 260 g/mol. The van der Waals surface area contributed by atoms with Crippen molar-refractivity contribution in [2.75, 3.05) is 0 Å². The van der Waals surface area contributed by atoms with Crippen LogP contribution in [0.15, 0.2) is 18.2 Å². The first kappa shape index (κ1) is 13.0. The topological polar surface area (TPSA) is 29.5 Å². The Morgan fingerprint density at radius 1 is 1.11 bits per heavy atom. The van der Waals surface area contributed by atoms with Gasteiger partial charge in [0, 0.05) is 12.0 Å². The van der Waals surface area contributed by atoms with Crippen molar-refractivity contribution in [2.24, 2.45) is 0 Å². The summed E-state index contributed by atoms with van der Waals surface area (Å²) in [4.78, 5) is 0. The van der Waals surface area contributed by atoms with E-state index in [1.54, 1.807) is 0 Å². The third kappa shape index (κ3) is 2.64. The molecule has 1 fully saturated rings. The van der Waals surface area contributed by atoms with E-state index in [2.05, 4.69) is 19.1 Å². The van der Waals surface area contributed by atoms with E-state index in [-0.39, 0.29) is 11.7 Å². The molecule has 0 unspecified atom stereocenters. The van der Waals surface area contributed by atoms with Gasteiger partial charge in [0.15, 0.2) is 0 Å². The normalized spacial score (nSPS) is 26.1. The van der Waals surface area contributed by atoms with Gasteiger partial charge >= 0.3 is 0 Å². The molecule has 1 aromatic carbocycles. The molecule has 1 saturated carbocycles. The molecule has 1 atom stereocenters. The summed E-state index contributed by atoms with van der Waals surface area (Å²) in [5.41, 5.74) is 2.06. The van der Waals surface area contributed by atoms with E-state index >= 15 is 0 Å². The summed E-state index contributed by atoms with van der Waals surface area (Å²) < 4.78 is 6.36. The Bertz CT molecular complexity index is 445. The molecule has 0 bridgehead atoms. The molecule has 19 heavy (non-hydrogen) atoms. The number of rotatable bonds is 0. The molecule has 1 N–H and O–H groups in total. The molecule has 1 aliphatic carbocycles. The predicted octanol–water partition coefficient (Wildman–Crippen LogP) is 4.29. The van der Waals surface area contributed by atoms with Gasteiger partial charge in [0.2, 0.25) is 0 Å². The van der Waals surface area contributed by atoms with Gasteiger partial charge in [0.25, 0.3) is 0 Å². The largest absolute Gasteiger partial charge is 0.487 e. The van der Waals surface area contributed by atoms with Gasteiger partial charge < -0.3 is 9.84 Å². The maximum Gasteiger partial charge on any atom is 0.125 e. The molecule has 104 valence electrons. The first-order chi connectivity index (χ1) is 9.19. The molecule has 0 saturated heterocycles. The lowest BCUT2D eigenvalue weighted by atomic mass is 9.79. The Morgan fingerprint density at radius 3 is 2.53 bits per heavy atom. The summed E-state index contributed by atoms with van der Waals surface area (Å²) >= 11 is 0. The summed E-state index contributed by atoms with van der Waals surface area (Å²) in [6.07, 6.45) is 9.03. The zero-order chi connectivity index (χ0) is 13.3. The van der Waals surface area contributed by atoms with E-state index in [1.807, 2.05) is 6.07 Å². The van der Waals surface area contributed by atoms with E-state index in [1.165, 1.54) is 37.7 Å². The van der Waals surface area contributed by atoms with Gasteiger partial charge in [-0.25, -0.2) is 0 Å². The number of fused-ring (bicyclic) bond motifs is 1. The highest BCUT2D eigenvalue weighted by molar-refractivity contribution is 5.40. The number of aliphatic hydroxyl groups excluding tert-OH is 1. The van der Waals surface area contributed by atoms with Crippen LogP contribution in [0.1, 0.15) is 68.6 Å². The molecule has 1 heterocycles. The van der Waals surface area contributed by atoms with Crippen LogP contribution in [0.5, 0.6) is 5.75 Å². The Hall–Kier alpha value is -1.02. The third-order valence-electron chi connectivity index (χ3n) is 4.68. The summed E-state index contributed by atoms with van der Waals surface area (Å²) in [6.45, 7) is 2.06. The van der Waals surface area contributed by atoms with Crippen LogP contribution in [-0.2, 0) is 0 Å². The average Bonchev–Trinajstić information content (AvgIpc) is 2.36. The zero-order valence-corrected chi connectivity index (χ0v) is 11.8. The molecule has 0 aromatic heterocycles. The quantitative estimate of drug-likeness (QED) is 0.754. The highest BCUT2D eigenvalue weighted by atomic mass is 16.5. The lowest BCUT2D eigenvalue weighted by molar-refractivity contribution is -0.0312. The Balaban J connectivity index is 1.88. The molecule has 2 heteroatoms. The van der Waals surface area contributed by atoms with Crippen LogP contribution in [0, 0.1) is 6.92 Å². The highest BCUT2D eigenvalue weighted by Gasteiger charge is 2.40. The van der Waals surface area contributed by atoms with E-state index in [4.69, 9.17) is 4.74 Å². The second kappa shape index (κ2) is 5.16. The van der Waals surface area contributed by atoms with Crippen LogP contribution in [0.2, 0.25) is 0 Å². The van der Waals surface area contributed by atoms with E-state index in [0.29, 0.717) is 0 Å². The summed E-state index contributed by atoms with van der Waals surface area (Å²) in [7, 11) is 0. The first-order valence-corrected chi connectivity index (χ1v) is 7.66. The summed E-state index contributed by atoms with van der Waals surface area (Å²) in [5.74, 6) is 0.907. The molecule has 1 spiro atoms. The molecular weight excluding hydrogens is 236 g/mol. The van der Waals surface area contributed by atoms with Gasteiger partial charge in [-0.2, -0.15) is 0 Å². The van der Waals surface area contributed by atoms with Crippen molar-refractivity contribution in [3.05, 3.63) is 29.3 Å². The standard InChI is InChI=1S/C17H24O2/c1-13-7-8-16-14(11-13)15(18)12-17(19-16)9-5-3-2-4-6-10-17/h7-8,11,15,18H,2-6,9-10,12H2,1H3/t15-/m1/s1. The Labute approximate surface area is 115 Å². The molecule has 0 radical (unpaired) electrons. The van der Waals surface area contributed by atoms with Gasteiger partial charge in [-0.05, 0) is 44.7 Å². The summed E-state index contributed by atoms with van der Waals surface area (Å²) in [5, 5.41) is 10.5. The number of ether oxygens (including phenoxy) is 1. The maximum absolute atomic E-state index is 10.5. The van der Waals surface area contributed by atoms with Crippen LogP contribution in [0.4, 0.5) is 0 Å². The van der Waals surface area contributed by atoms with Gasteiger partial charge in [-0.1, -0.05) is 30.9 Å². The number of aliphatic hydroxyl groups is 1. The van der Waals surface area contributed by atoms with Gasteiger partial charge in [-0.15, -0.1) is 0 Å². The molecule has 2 nitrogen and oxygen atoms in total. The molecule has 1 aromatic rings. The molecule has 1 aliphatic heterocycles. The van der Waals surface area contributed by atoms with E-state index < -0.39 is 0 Å². The Kier molecular flexibility index (Phi) is 3.53. The lowest BCUT2D eigenvalue weighted by Gasteiger charge is -2.42. The van der Waals surface area contributed by atoms with Crippen molar-refractivity contribution in [1.29, 1.82) is 0 Å². The van der Waals surface area contributed by atoms with Gasteiger partial charge in [-0.3, -0.25) is 0 Å². The number of hydrogen-bond donors (Lipinski definition) is 1. The minimum absolute atomic E-state index is 0.109. The van der Waals surface area contributed by atoms with Crippen LogP contribution in [-0.4, -0.2) is 10.7 Å². The molecular formula is C17H24O2. The maximum atomic E-state index is 10.5. The lowest BCUT2D eigenvalue weighted by Crippen LogP contribution is -2.41. The SMILES string of the molecule is Cc1ccc2c(c1)[C@H](O)CC1(CCCCCCC1)O2. The molecule has 0 amide bonds. The molecule has 2 aliphatic rings. The zero-order valence-electron chi connectivity index (χ0n) is 11.8. The highest BCUT2D eigenvalue weighted by Crippen LogP contribution is 2.45.